The Morgan fingerprint density at radius 1 is 1.33 bits per heavy atom. The van der Waals surface area contributed by atoms with Crippen LogP contribution in [0.1, 0.15) is 51.6 Å². The quantitative estimate of drug-likeness (QED) is 0.550. The number of carbonyl (C=O) groups is 1. The van der Waals surface area contributed by atoms with Crippen molar-refractivity contribution < 1.29 is 9.53 Å². The first kappa shape index (κ1) is 19.2. The predicted molar refractivity (Wildman–Crippen MR) is 104 cm³/mol. The summed E-state index contributed by atoms with van der Waals surface area (Å²) in [5.74, 6) is 1.92. The van der Waals surface area contributed by atoms with E-state index in [-0.39, 0.29) is 12.5 Å². The molecule has 1 aromatic rings. The Bertz CT molecular complexity index is 722. The van der Waals surface area contributed by atoms with Crippen molar-refractivity contribution in [1.29, 1.82) is 5.41 Å². The average Bonchev–Trinajstić information content (AvgIpc) is 3.33. The van der Waals surface area contributed by atoms with Crippen molar-refractivity contribution in [2.45, 2.75) is 51.6 Å². The number of H-pyrrole nitrogens is 1. The highest BCUT2D eigenvalue weighted by Crippen LogP contribution is 2.39. The Morgan fingerprint density at radius 3 is 2.56 bits per heavy atom. The first-order chi connectivity index (χ1) is 12.7. The zero-order valence-electron chi connectivity index (χ0n) is 16.3. The van der Waals surface area contributed by atoms with E-state index < -0.39 is 5.60 Å². The van der Waals surface area contributed by atoms with Gasteiger partial charge in [-0.15, -0.1) is 0 Å². The lowest BCUT2D eigenvalue weighted by Gasteiger charge is -2.36. The van der Waals surface area contributed by atoms with Gasteiger partial charge in [0.25, 0.3) is 0 Å². The van der Waals surface area contributed by atoms with Gasteiger partial charge in [0.05, 0.1) is 6.42 Å². The van der Waals surface area contributed by atoms with Gasteiger partial charge in [-0.3, -0.25) is 10.5 Å². The molecule has 1 aliphatic heterocycles. The molecule has 9 heteroatoms. The van der Waals surface area contributed by atoms with Crippen LogP contribution in [0.2, 0.25) is 0 Å². The second-order valence-corrected chi connectivity index (χ2v) is 8.14. The van der Waals surface area contributed by atoms with E-state index in [0.29, 0.717) is 49.6 Å². The Hall–Kier alpha value is -2.58. The Balaban J connectivity index is 1.47. The van der Waals surface area contributed by atoms with Crippen molar-refractivity contribution in [3.8, 4) is 0 Å². The summed E-state index contributed by atoms with van der Waals surface area (Å²) in [6, 6.07) is 1.92. The fourth-order valence-corrected chi connectivity index (χ4v) is 2.94. The van der Waals surface area contributed by atoms with Crippen LogP contribution in [0.5, 0.6) is 0 Å². The third-order valence-corrected chi connectivity index (χ3v) is 4.52. The SMILES string of the molecule is CC(C)(C)OC(=O)N1CCN(C(=N)CC(N)=Nc2cc(C3CC3)[nH]n2)CC1. The number of nitrogens with two attached hydrogens (primary N) is 1. The normalized spacial score (nSPS) is 18.6. The van der Waals surface area contributed by atoms with Crippen LogP contribution < -0.4 is 5.73 Å². The van der Waals surface area contributed by atoms with Gasteiger partial charge in [-0.25, -0.2) is 9.79 Å². The molecule has 4 N–H and O–H groups in total. The van der Waals surface area contributed by atoms with E-state index in [0.717, 1.165) is 5.69 Å². The molecular weight excluding hydrogens is 346 g/mol. The highest BCUT2D eigenvalue weighted by Gasteiger charge is 2.27. The molecule has 1 aliphatic carbocycles. The molecule has 1 amide bonds. The van der Waals surface area contributed by atoms with Gasteiger partial charge in [0.1, 0.15) is 17.3 Å². The summed E-state index contributed by atoms with van der Waals surface area (Å²) in [7, 11) is 0. The zero-order chi connectivity index (χ0) is 19.6. The molecule has 0 atom stereocenters. The Labute approximate surface area is 159 Å². The number of amides is 1. The number of piperazine rings is 1. The molecule has 0 radical (unpaired) electrons. The number of ether oxygens (including phenoxy) is 1. The third-order valence-electron chi connectivity index (χ3n) is 4.52. The third kappa shape index (κ3) is 5.45. The minimum absolute atomic E-state index is 0.262. The van der Waals surface area contributed by atoms with E-state index in [1.807, 2.05) is 31.7 Å². The van der Waals surface area contributed by atoms with Gasteiger partial charge >= 0.3 is 6.09 Å². The molecule has 1 saturated heterocycles. The molecule has 2 aliphatic rings. The number of rotatable bonds is 4. The maximum absolute atomic E-state index is 12.1. The van der Waals surface area contributed by atoms with Crippen LogP contribution in [0.15, 0.2) is 11.1 Å². The van der Waals surface area contributed by atoms with Crippen molar-refractivity contribution in [1.82, 2.24) is 20.0 Å². The van der Waals surface area contributed by atoms with Crippen molar-refractivity contribution in [3.63, 3.8) is 0 Å². The number of amidine groups is 2. The summed E-state index contributed by atoms with van der Waals surface area (Å²) in [5.41, 5.74) is 6.61. The van der Waals surface area contributed by atoms with Crippen molar-refractivity contribution in [3.05, 3.63) is 11.8 Å². The molecule has 0 bridgehead atoms. The van der Waals surface area contributed by atoms with Crippen LogP contribution in [0.3, 0.4) is 0 Å². The second-order valence-electron chi connectivity index (χ2n) is 8.14. The topological polar surface area (TPSA) is 124 Å². The number of aliphatic imine (C=N–C) groups is 1. The number of aromatic nitrogens is 2. The summed E-state index contributed by atoms with van der Waals surface area (Å²) < 4.78 is 5.39. The summed E-state index contributed by atoms with van der Waals surface area (Å²) in [6.07, 6.45) is 2.35. The number of hydrogen-bond donors (Lipinski definition) is 3. The molecule has 1 saturated carbocycles. The first-order valence-electron chi connectivity index (χ1n) is 9.40. The zero-order valence-corrected chi connectivity index (χ0v) is 16.3. The van der Waals surface area contributed by atoms with Crippen LogP contribution in [0, 0.1) is 5.41 Å². The van der Waals surface area contributed by atoms with Crippen LogP contribution >= 0.6 is 0 Å². The van der Waals surface area contributed by atoms with Gasteiger partial charge in [-0.05, 0) is 33.6 Å². The maximum Gasteiger partial charge on any atom is 0.410 e. The monoisotopic (exact) mass is 375 g/mol. The summed E-state index contributed by atoms with van der Waals surface area (Å²) >= 11 is 0. The molecule has 27 heavy (non-hydrogen) atoms. The minimum atomic E-state index is -0.503. The molecule has 3 rings (SSSR count). The molecule has 2 fully saturated rings. The largest absolute Gasteiger partial charge is 0.444 e. The lowest BCUT2D eigenvalue weighted by Crippen LogP contribution is -2.51. The minimum Gasteiger partial charge on any atom is -0.444 e. The van der Waals surface area contributed by atoms with E-state index in [1.165, 1.54) is 12.8 Å². The van der Waals surface area contributed by atoms with Crippen LogP contribution in [0.4, 0.5) is 10.6 Å². The van der Waals surface area contributed by atoms with E-state index in [4.69, 9.17) is 15.9 Å². The molecular formula is C18H29N7O2. The molecule has 1 aromatic heterocycles. The van der Waals surface area contributed by atoms with Gasteiger partial charge in [0, 0.05) is 43.9 Å². The molecule has 2 heterocycles. The van der Waals surface area contributed by atoms with E-state index in [1.54, 1.807) is 4.90 Å². The van der Waals surface area contributed by atoms with Crippen molar-refractivity contribution in [2.75, 3.05) is 26.2 Å². The predicted octanol–water partition coefficient (Wildman–Crippen LogP) is 2.20. The number of carbonyl (C=O) groups excluding carboxylic acids is 1. The number of nitrogens with one attached hydrogen (secondary N) is 2. The van der Waals surface area contributed by atoms with Crippen LogP contribution in [0.25, 0.3) is 0 Å². The van der Waals surface area contributed by atoms with Crippen LogP contribution in [-0.4, -0.2) is 69.5 Å². The van der Waals surface area contributed by atoms with Crippen molar-refractivity contribution in [2.24, 2.45) is 10.7 Å². The first-order valence-corrected chi connectivity index (χ1v) is 9.40. The summed E-state index contributed by atoms with van der Waals surface area (Å²) in [4.78, 5) is 20.0. The van der Waals surface area contributed by atoms with E-state index >= 15 is 0 Å². The molecule has 0 unspecified atom stereocenters. The Kier molecular flexibility index (Phi) is 5.38. The summed E-state index contributed by atoms with van der Waals surface area (Å²) in [6.45, 7) is 7.78. The van der Waals surface area contributed by atoms with Gasteiger partial charge in [0.15, 0.2) is 5.82 Å². The lowest BCUT2D eigenvalue weighted by molar-refractivity contribution is 0.0186. The smallest absolute Gasteiger partial charge is 0.410 e. The highest BCUT2D eigenvalue weighted by atomic mass is 16.6. The number of aromatic amines is 1. The highest BCUT2D eigenvalue weighted by molar-refractivity contribution is 6.01. The van der Waals surface area contributed by atoms with Gasteiger partial charge in [-0.2, -0.15) is 5.10 Å². The van der Waals surface area contributed by atoms with E-state index in [9.17, 15) is 4.79 Å². The van der Waals surface area contributed by atoms with Crippen LogP contribution in [-0.2, 0) is 4.74 Å². The van der Waals surface area contributed by atoms with Gasteiger partial charge in [0.2, 0.25) is 0 Å². The van der Waals surface area contributed by atoms with Crippen molar-refractivity contribution >= 4 is 23.6 Å². The fraction of sp³-hybridized carbons (Fsp3) is 0.667. The maximum atomic E-state index is 12.1. The second kappa shape index (κ2) is 7.58. The molecule has 0 spiro atoms. The number of hydrogen-bond acceptors (Lipinski definition) is 5. The lowest BCUT2D eigenvalue weighted by atomic mass is 10.2. The molecule has 148 valence electrons. The van der Waals surface area contributed by atoms with E-state index in [2.05, 4.69) is 15.2 Å². The fourth-order valence-electron chi connectivity index (χ4n) is 2.94. The van der Waals surface area contributed by atoms with Gasteiger partial charge in [-0.1, -0.05) is 0 Å². The van der Waals surface area contributed by atoms with Gasteiger partial charge < -0.3 is 20.3 Å². The molecule has 0 aromatic carbocycles. The Morgan fingerprint density at radius 2 is 1.96 bits per heavy atom. The average molecular weight is 375 g/mol. The standard InChI is InChI=1S/C18H29N7O2/c1-18(2,3)27-17(26)25-8-6-24(7-9-25)15(20)11-14(19)21-16-10-13(22-23-16)12-4-5-12/h10,12,20H,4-9,11H2,1-3H3,(H3,19,21,22,23). The molecule has 9 nitrogen and oxygen atoms in total. The number of nitrogens with zero attached hydrogens (tertiary/aromatic N) is 4. The summed E-state index contributed by atoms with van der Waals surface area (Å²) in [5, 5.41) is 15.4.